The lowest BCUT2D eigenvalue weighted by atomic mass is 9.82. The summed E-state index contributed by atoms with van der Waals surface area (Å²) < 4.78 is 5.50. The van der Waals surface area contributed by atoms with Crippen LogP contribution in [0.4, 0.5) is 5.69 Å². The molecule has 2 aliphatic rings. The second kappa shape index (κ2) is 5.33. The maximum Gasteiger partial charge on any atom is 0.310 e. The maximum absolute atomic E-state index is 12.4. The predicted molar refractivity (Wildman–Crippen MR) is 76.9 cm³/mol. The maximum atomic E-state index is 12.4. The number of anilines is 1. The van der Waals surface area contributed by atoms with Gasteiger partial charge in [-0.3, -0.25) is 9.59 Å². The van der Waals surface area contributed by atoms with Gasteiger partial charge in [-0.05, 0) is 24.1 Å². The zero-order chi connectivity index (χ0) is 15.0. The summed E-state index contributed by atoms with van der Waals surface area (Å²) in [6.07, 6.45) is 3.50. The van der Waals surface area contributed by atoms with Gasteiger partial charge in [-0.15, -0.1) is 0 Å². The second-order valence-electron chi connectivity index (χ2n) is 5.38. The van der Waals surface area contributed by atoms with E-state index in [1.165, 1.54) is 5.56 Å². The third-order valence-electron chi connectivity index (χ3n) is 4.12. The first-order valence-corrected chi connectivity index (χ1v) is 7.06. The Bertz CT molecular complexity index is 593. The highest BCUT2D eigenvalue weighted by Crippen LogP contribution is 2.39. The van der Waals surface area contributed by atoms with Gasteiger partial charge >= 0.3 is 5.97 Å². The molecule has 1 fully saturated rings. The average molecular weight is 287 g/mol. The minimum Gasteiger partial charge on any atom is -0.481 e. The molecular weight excluding hydrogens is 270 g/mol. The van der Waals surface area contributed by atoms with Crippen LogP contribution in [-0.4, -0.2) is 29.2 Å². The van der Waals surface area contributed by atoms with Crippen molar-refractivity contribution in [3.63, 3.8) is 0 Å². The molecule has 0 aliphatic carbocycles. The number of amides is 1. The number of carboxylic acids is 1. The van der Waals surface area contributed by atoms with Gasteiger partial charge in [0.2, 0.25) is 5.91 Å². The standard InChI is InChI=1S/C16H17NO4/c1-2-9-3-5-10(6-4-9)17-15(18)13-11-7-8-12(21-11)14(13)16(19)20/h3-8,11-14H,2H2,1H3,(H,17,18)(H,19,20)/t11-,12+,13-,14+/m1/s1. The number of rotatable bonds is 4. The van der Waals surface area contributed by atoms with E-state index in [0.29, 0.717) is 5.69 Å². The molecule has 4 atom stereocenters. The molecule has 0 saturated carbocycles. The number of benzene rings is 1. The molecule has 3 rings (SSSR count). The van der Waals surface area contributed by atoms with Crippen LogP contribution < -0.4 is 5.32 Å². The molecule has 0 unspecified atom stereocenters. The number of aliphatic carboxylic acids is 1. The van der Waals surface area contributed by atoms with E-state index in [1.54, 1.807) is 12.2 Å². The molecule has 0 radical (unpaired) electrons. The Labute approximate surface area is 122 Å². The predicted octanol–water partition coefficient (Wildman–Crippen LogP) is 1.84. The van der Waals surface area contributed by atoms with Crippen LogP contribution in [0.2, 0.25) is 0 Å². The monoisotopic (exact) mass is 287 g/mol. The fourth-order valence-electron chi connectivity index (χ4n) is 2.96. The highest BCUT2D eigenvalue weighted by atomic mass is 16.5. The van der Waals surface area contributed by atoms with Crippen LogP contribution >= 0.6 is 0 Å². The number of nitrogens with one attached hydrogen (secondary N) is 1. The number of hydrogen-bond donors (Lipinski definition) is 2. The normalized spacial score (nSPS) is 29.6. The largest absolute Gasteiger partial charge is 0.481 e. The molecule has 2 bridgehead atoms. The van der Waals surface area contributed by atoms with Gasteiger partial charge in [-0.25, -0.2) is 0 Å². The van der Waals surface area contributed by atoms with Crippen LogP contribution in [-0.2, 0) is 20.7 Å². The molecular formula is C16H17NO4. The van der Waals surface area contributed by atoms with Crippen molar-refractivity contribution < 1.29 is 19.4 Å². The van der Waals surface area contributed by atoms with Gasteiger partial charge in [0, 0.05) is 5.69 Å². The molecule has 1 saturated heterocycles. The molecule has 2 heterocycles. The SMILES string of the molecule is CCc1ccc(NC(=O)[C@H]2[C@@H](C(=O)O)[C@@H]3C=C[C@H]2O3)cc1. The molecule has 5 nitrogen and oxygen atoms in total. The molecule has 110 valence electrons. The molecule has 2 N–H and O–H groups in total. The van der Waals surface area contributed by atoms with Crippen molar-refractivity contribution in [3.8, 4) is 0 Å². The third kappa shape index (κ3) is 2.45. The lowest BCUT2D eigenvalue weighted by molar-refractivity contribution is -0.145. The summed E-state index contributed by atoms with van der Waals surface area (Å²) >= 11 is 0. The Hall–Kier alpha value is -2.14. The Morgan fingerprint density at radius 3 is 2.33 bits per heavy atom. The Morgan fingerprint density at radius 1 is 1.14 bits per heavy atom. The molecule has 2 aliphatic heterocycles. The molecule has 21 heavy (non-hydrogen) atoms. The Balaban J connectivity index is 1.75. The van der Waals surface area contributed by atoms with E-state index in [0.717, 1.165) is 6.42 Å². The summed E-state index contributed by atoms with van der Waals surface area (Å²) in [5.41, 5.74) is 1.86. The fraction of sp³-hybridized carbons (Fsp3) is 0.375. The van der Waals surface area contributed by atoms with E-state index in [2.05, 4.69) is 12.2 Å². The zero-order valence-corrected chi connectivity index (χ0v) is 11.7. The summed E-state index contributed by atoms with van der Waals surface area (Å²) in [6, 6.07) is 7.55. The quantitative estimate of drug-likeness (QED) is 0.829. The third-order valence-corrected chi connectivity index (χ3v) is 4.12. The minimum absolute atomic E-state index is 0.302. The van der Waals surface area contributed by atoms with Gasteiger partial charge in [0.05, 0.1) is 18.1 Å². The minimum atomic E-state index is -0.992. The lowest BCUT2D eigenvalue weighted by Crippen LogP contribution is -2.39. The van der Waals surface area contributed by atoms with Crippen molar-refractivity contribution in [1.29, 1.82) is 0 Å². The first-order valence-electron chi connectivity index (χ1n) is 7.06. The van der Waals surface area contributed by atoms with Gasteiger partial charge in [-0.2, -0.15) is 0 Å². The first kappa shape index (κ1) is 13.8. The van der Waals surface area contributed by atoms with Crippen LogP contribution in [0.1, 0.15) is 12.5 Å². The molecule has 1 amide bonds. The van der Waals surface area contributed by atoms with Gasteiger partial charge in [-0.1, -0.05) is 31.2 Å². The second-order valence-corrected chi connectivity index (χ2v) is 5.38. The smallest absolute Gasteiger partial charge is 0.310 e. The molecule has 0 aromatic heterocycles. The van der Waals surface area contributed by atoms with Crippen molar-refractivity contribution in [1.82, 2.24) is 0 Å². The highest BCUT2D eigenvalue weighted by molar-refractivity contribution is 5.96. The van der Waals surface area contributed by atoms with E-state index >= 15 is 0 Å². The van der Waals surface area contributed by atoms with E-state index in [4.69, 9.17) is 4.74 Å². The summed E-state index contributed by atoms with van der Waals surface area (Å²) in [5.74, 6) is -2.78. The van der Waals surface area contributed by atoms with Crippen molar-refractivity contribution in [2.24, 2.45) is 11.8 Å². The number of fused-ring (bicyclic) bond motifs is 2. The molecule has 5 heteroatoms. The van der Waals surface area contributed by atoms with E-state index in [9.17, 15) is 14.7 Å². The summed E-state index contributed by atoms with van der Waals surface area (Å²) in [5, 5.41) is 12.1. The molecule has 1 aromatic rings. The van der Waals surface area contributed by atoms with Crippen molar-refractivity contribution in [2.75, 3.05) is 5.32 Å². The van der Waals surface area contributed by atoms with E-state index < -0.39 is 30.0 Å². The van der Waals surface area contributed by atoms with Crippen LogP contribution in [0, 0.1) is 11.8 Å². The lowest BCUT2D eigenvalue weighted by Gasteiger charge is -2.21. The van der Waals surface area contributed by atoms with Crippen LogP contribution in [0.15, 0.2) is 36.4 Å². The van der Waals surface area contributed by atoms with Gasteiger partial charge < -0.3 is 15.2 Å². The van der Waals surface area contributed by atoms with Gasteiger partial charge in [0.1, 0.15) is 5.92 Å². The van der Waals surface area contributed by atoms with Crippen molar-refractivity contribution in [2.45, 2.75) is 25.6 Å². The fourth-order valence-corrected chi connectivity index (χ4v) is 2.96. The highest BCUT2D eigenvalue weighted by Gasteiger charge is 2.53. The first-order chi connectivity index (χ1) is 10.1. The van der Waals surface area contributed by atoms with Gasteiger partial charge in [0.15, 0.2) is 0 Å². The van der Waals surface area contributed by atoms with Crippen molar-refractivity contribution >= 4 is 17.6 Å². The number of carbonyl (C=O) groups is 2. The molecule has 0 spiro atoms. The summed E-state index contributed by atoms with van der Waals surface area (Å²) in [4.78, 5) is 23.7. The number of carboxylic acid groups (broad SMARTS) is 1. The number of ether oxygens (including phenoxy) is 1. The number of aryl methyl sites for hydroxylation is 1. The number of carbonyl (C=O) groups excluding carboxylic acids is 1. The average Bonchev–Trinajstić information content (AvgIpc) is 3.08. The Morgan fingerprint density at radius 2 is 1.76 bits per heavy atom. The Kier molecular flexibility index (Phi) is 3.51. The van der Waals surface area contributed by atoms with Crippen LogP contribution in [0.5, 0.6) is 0 Å². The number of hydrogen-bond acceptors (Lipinski definition) is 3. The van der Waals surface area contributed by atoms with Gasteiger partial charge in [0.25, 0.3) is 0 Å². The van der Waals surface area contributed by atoms with Crippen molar-refractivity contribution in [3.05, 3.63) is 42.0 Å². The van der Waals surface area contributed by atoms with E-state index in [1.807, 2.05) is 24.3 Å². The van der Waals surface area contributed by atoms with E-state index in [-0.39, 0.29) is 5.91 Å². The summed E-state index contributed by atoms with van der Waals surface area (Å²) in [7, 11) is 0. The topological polar surface area (TPSA) is 75.6 Å². The van der Waals surface area contributed by atoms with Crippen LogP contribution in [0.25, 0.3) is 0 Å². The summed E-state index contributed by atoms with van der Waals surface area (Å²) in [6.45, 7) is 2.06. The molecule has 1 aromatic carbocycles. The zero-order valence-electron chi connectivity index (χ0n) is 11.7. The van der Waals surface area contributed by atoms with Crippen LogP contribution in [0.3, 0.4) is 0 Å².